The van der Waals surface area contributed by atoms with Gasteiger partial charge in [0.25, 0.3) is 0 Å². The fraction of sp³-hybridized carbons (Fsp3) is 0.204. The molecule has 3 aromatic heterocycles. The molecular formula is C54H47FIrN4O-2. The first-order valence-corrected chi connectivity index (χ1v) is 20.1. The van der Waals surface area contributed by atoms with Crippen molar-refractivity contribution in [2.75, 3.05) is 0 Å². The molecule has 0 saturated heterocycles. The van der Waals surface area contributed by atoms with Crippen LogP contribution in [0.15, 0.2) is 126 Å². The average molecular weight is 985 g/mol. The molecule has 0 spiro atoms. The molecule has 9 rings (SSSR count). The third kappa shape index (κ3) is 8.19. The van der Waals surface area contributed by atoms with Crippen molar-refractivity contribution in [3.8, 4) is 45.5 Å². The van der Waals surface area contributed by atoms with Gasteiger partial charge in [-0.05, 0) is 100 Å². The molecule has 0 aliphatic rings. The molecule has 1 radical (unpaired) electrons. The zero-order valence-electron chi connectivity index (χ0n) is 40.7. The van der Waals surface area contributed by atoms with Gasteiger partial charge in [-0.1, -0.05) is 113 Å². The van der Waals surface area contributed by atoms with Gasteiger partial charge in [0.05, 0.1) is 28.0 Å². The molecule has 0 fully saturated rings. The Balaban J connectivity index is 0.000000267. The van der Waals surface area contributed by atoms with Gasteiger partial charge >= 0.3 is 0 Å². The number of furan rings is 1. The number of hydrogen-bond donors (Lipinski definition) is 0. The number of nitrogens with zero attached hydrogens (tertiary/aromatic N) is 4. The van der Waals surface area contributed by atoms with Gasteiger partial charge in [-0.15, -0.1) is 48.0 Å². The second-order valence-electron chi connectivity index (χ2n) is 15.8. The van der Waals surface area contributed by atoms with Crippen LogP contribution in [0.5, 0.6) is 0 Å². The van der Waals surface area contributed by atoms with Gasteiger partial charge in [0.1, 0.15) is 11.7 Å². The number of halogens is 1. The summed E-state index contributed by atoms with van der Waals surface area (Å²) in [6, 6.07) is 44.3. The van der Waals surface area contributed by atoms with Crippen LogP contribution >= 0.6 is 0 Å². The number of pyridine rings is 1. The summed E-state index contributed by atoms with van der Waals surface area (Å²) in [5, 5.41) is 11.5. The van der Waals surface area contributed by atoms with Crippen molar-refractivity contribution < 1.29 is 37.1 Å². The number of para-hydroxylation sites is 2. The van der Waals surface area contributed by atoms with Crippen LogP contribution < -0.4 is 0 Å². The molecule has 0 aliphatic carbocycles. The largest absolute Gasteiger partial charge is 0.499 e. The second-order valence-corrected chi connectivity index (χ2v) is 15.8. The Bertz CT molecular complexity index is 3260. The van der Waals surface area contributed by atoms with Crippen LogP contribution in [-0.2, 0) is 20.1 Å². The summed E-state index contributed by atoms with van der Waals surface area (Å²) >= 11 is 0. The van der Waals surface area contributed by atoms with Crippen LogP contribution in [0.4, 0.5) is 4.39 Å². The number of hydrogen-bond acceptors (Lipinski definition) is 4. The van der Waals surface area contributed by atoms with Crippen molar-refractivity contribution in [2.24, 2.45) is 0 Å². The SMILES string of the molecule is [2H]C([2H])([2H])c1ccc2c(oc3c(-c4nc5ccccc5n4-c4c(C(C)C)cc(-c5ccccc5)cc4C(C)C)[c-]ccc32)c1C#N.[2H]C([2H])([2H])c1cnc(-c2[c-]cc(F)cc2)cc1C(C)C.[Ir]. The zero-order valence-corrected chi connectivity index (χ0v) is 37.1. The van der Waals surface area contributed by atoms with E-state index >= 15 is 0 Å². The summed E-state index contributed by atoms with van der Waals surface area (Å²) in [6.45, 7) is 8.10. The van der Waals surface area contributed by atoms with Crippen LogP contribution in [0.25, 0.3) is 72.4 Å². The maximum atomic E-state index is 12.9. The first kappa shape index (κ1) is 35.6. The van der Waals surface area contributed by atoms with Crippen LogP contribution in [0.1, 0.15) is 101 Å². The number of benzene rings is 6. The average Bonchev–Trinajstić information content (AvgIpc) is 3.87. The Morgan fingerprint density at radius 3 is 2.08 bits per heavy atom. The molecular weight excluding hydrogens is 932 g/mol. The topological polar surface area (TPSA) is 67.6 Å². The van der Waals surface area contributed by atoms with E-state index in [1.165, 1.54) is 46.6 Å². The van der Waals surface area contributed by atoms with Gasteiger partial charge < -0.3 is 14.0 Å². The smallest absolute Gasteiger partial charge is 0.138 e. The molecule has 0 unspecified atom stereocenters. The first-order chi connectivity index (χ1) is 31.4. The molecule has 5 nitrogen and oxygen atoms in total. The molecule has 0 saturated carbocycles. The fourth-order valence-electron chi connectivity index (χ4n) is 7.78. The predicted molar refractivity (Wildman–Crippen MR) is 243 cm³/mol. The molecule has 6 aromatic carbocycles. The van der Waals surface area contributed by atoms with Gasteiger partial charge in [0.2, 0.25) is 0 Å². The number of rotatable bonds is 7. The van der Waals surface area contributed by atoms with Gasteiger partial charge in [-0.3, -0.25) is 9.37 Å². The molecule has 61 heavy (non-hydrogen) atoms. The summed E-state index contributed by atoms with van der Waals surface area (Å²) in [5.74, 6) is 0.765. The van der Waals surface area contributed by atoms with Crippen LogP contribution in [0.3, 0.4) is 0 Å². The van der Waals surface area contributed by atoms with E-state index in [4.69, 9.17) is 17.6 Å². The van der Waals surface area contributed by atoms with Crippen LogP contribution in [0.2, 0.25) is 0 Å². The molecule has 307 valence electrons. The van der Waals surface area contributed by atoms with Crippen molar-refractivity contribution in [2.45, 2.75) is 73.0 Å². The van der Waals surface area contributed by atoms with E-state index < -0.39 is 13.7 Å². The third-order valence-electron chi connectivity index (χ3n) is 10.8. The fourth-order valence-corrected chi connectivity index (χ4v) is 7.78. The van der Waals surface area contributed by atoms with Crippen molar-refractivity contribution in [1.82, 2.24) is 14.5 Å². The van der Waals surface area contributed by atoms with E-state index in [1.54, 1.807) is 18.2 Å². The Labute approximate surface area is 379 Å². The Hall–Kier alpha value is -6.19. The van der Waals surface area contributed by atoms with Gasteiger partial charge in [0.15, 0.2) is 0 Å². The summed E-state index contributed by atoms with van der Waals surface area (Å²) in [6.07, 6.45) is 1.38. The van der Waals surface area contributed by atoms with E-state index in [9.17, 15) is 9.65 Å². The molecule has 0 N–H and O–H groups in total. The minimum atomic E-state index is -2.45. The van der Waals surface area contributed by atoms with Crippen LogP contribution in [0, 0.1) is 43.0 Å². The number of imidazole rings is 1. The molecule has 0 amide bonds. The number of aromatic nitrogens is 3. The summed E-state index contributed by atoms with van der Waals surface area (Å²) in [7, 11) is 0. The minimum absolute atomic E-state index is 0. The van der Waals surface area contributed by atoms with Crippen molar-refractivity contribution in [3.63, 3.8) is 0 Å². The van der Waals surface area contributed by atoms with E-state index in [-0.39, 0.29) is 65.9 Å². The molecule has 3 heterocycles. The van der Waals surface area contributed by atoms with Crippen molar-refractivity contribution in [3.05, 3.63) is 173 Å². The number of aryl methyl sites for hydroxylation is 2. The summed E-state index contributed by atoms with van der Waals surface area (Å²) in [5.41, 5.74) is 11.2. The van der Waals surface area contributed by atoms with E-state index in [2.05, 4.69) is 97.9 Å². The Morgan fingerprint density at radius 2 is 1.43 bits per heavy atom. The predicted octanol–water partition coefficient (Wildman–Crippen LogP) is 14.6. The zero-order chi connectivity index (χ0) is 47.2. The number of nitriles is 1. The molecule has 0 aliphatic heterocycles. The van der Waals surface area contributed by atoms with Crippen molar-refractivity contribution >= 4 is 33.0 Å². The maximum Gasteiger partial charge on any atom is 0.138 e. The van der Waals surface area contributed by atoms with E-state index in [1.807, 2.05) is 50.2 Å². The van der Waals surface area contributed by atoms with E-state index in [0.717, 1.165) is 27.7 Å². The Morgan fingerprint density at radius 1 is 0.738 bits per heavy atom. The standard InChI is InChI=1S/C39H32N3O.C15H15FN.Ir/c1-23(2)31-20-27(26-12-7-6-8-13-26)21-32(24(3)4)36(31)42-35-17-10-9-16-34(35)41-39(42)30-15-11-14-28-29-19-18-25(5)33(22-40)38(29)43-37(28)30;1-10(2)14-8-15(17-9-11(14)3)12-4-6-13(16)7-5-12;/h6-14,16-21,23-24H,1-5H3;4,6-10H,1-3H3;/q2*-1;/i5D3;3D3;. The second kappa shape index (κ2) is 17.8. The van der Waals surface area contributed by atoms with E-state index in [0.29, 0.717) is 33.6 Å². The Kier molecular flexibility index (Phi) is 10.4. The first-order valence-electron chi connectivity index (χ1n) is 23.1. The molecule has 0 atom stereocenters. The number of fused-ring (bicyclic) bond motifs is 4. The molecule has 0 bridgehead atoms. The maximum absolute atomic E-state index is 12.9. The minimum Gasteiger partial charge on any atom is -0.499 e. The van der Waals surface area contributed by atoms with Gasteiger partial charge in [-0.25, -0.2) is 0 Å². The molecule has 9 aromatic rings. The monoisotopic (exact) mass is 985 g/mol. The quantitative estimate of drug-likeness (QED) is 0.149. The third-order valence-corrected chi connectivity index (χ3v) is 10.8. The van der Waals surface area contributed by atoms with Gasteiger partial charge in [-0.2, -0.15) is 5.26 Å². The van der Waals surface area contributed by atoms with Crippen molar-refractivity contribution in [1.29, 1.82) is 5.26 Å². The normalized spacial score (nSPS) is 13.2. The molecule has 7 heteroatoms. The van der Waals surface area contributed by atoms with Crippen LogP contribution in [-0.4, -0.2) is 14.5 Å². The summed E-state index contributed by atoms with van der Waals surface area (Å²) < 4.78 is 68.2. The van der Waals surface area contributed by atoms with Gasteiger partial charge in [0, 0.05) is 51.4 Å². The summed E-state index contributed by atoms with van der Waals surface area (Å²) in [4.78, 5) is 9.35.